The van der Waals surface area contributed by atoms with E-state index in [1.807, 2.05) is 13.8 Å². The molecule has 0 saturated heterocycles. The van der Waals surface area contributed by atoms with Crippen LogP contribution in [0.2, 0.25) is 0 Å². The maximum absolute atomic E-state index is 13.6. The van der Waals surface area contributed by atoms with Gasteiger partial charge in [-0.15, -0.1) is 0 Å². The first-order valence-corrected chi connectivity index (χ1v) is 11.0. The summed E-state index contributed by atoms with van der Waals surface area (Å²) >= 11 is 0. The highest BCUT2D eigenvalue weighted by molar-refractivity contribution is 5.85. The van der Waals surface area contributed by atoms with E-state index in [0.29, 0.717) is 28.3 Å². The van der Waals surface area contributed by atoms with Crippen LogP contribution in [0.1, 0.15) is 49.2 Å². The van der Waals surface area contributed by atoms with E-state index in [-0.39, 0.29) is 35.7 Å². The van der Waals surface area contributed by atoms with E-state index < -0.39 is 17.9 Å². The van der Waals surface area contributed by atoms with Gasteiger partial charge in [0.1, 0.15) is 35.7 Å². The Bertz CT molecular complexity index is 1440. The second-order valence-corrected chi connectivity index (χ2v) is 8.26. The van der Waals surface area contributed by atoms with Crippen LogP contribution >= 0.6 is 0 Å². The summed E-state index contributed by atoms with van der Waals surface area (Å²) in [7, 11) is 0. The number of imidazole rings is 1. The third-order valence-electron chi connectivity index (χ3n) is 5.34. The lowest BCUT2D eigenvalue weighted by Gasteiger charge is -2.17. The van der Waals surface area contributed by atoms with Crippen molar-refractivity contribution >= 4 is 5.95 Å². The van der Waals surface area contributed by atoms with Crippen molar-refractivity contribution in [3.8, 4) is 34.3 Å². The average Bonchev–Trinajstić information content (AvgIpc) is 3.25. The maximum Gasteiger partial charge on any atom is 0.280 e. The van der Waals surface area contributed by atoms with E-state index in [1.165, 1.54) is 36.5 Å². The average molecular weight is 493 g/mol. The van der Waals surface area contributed by atoms with Crippen LogP contribution in [0.25, 0.3) is 22.4 Å². The van der Waals surface area contributed by atoms with E-state index in [2.05, 4.69) is 26.0 Å². The van der Waals surface area contributed by atoms with Gasteiger partial charge in [-0.1, -0.05) is 0 Å². The van der Waals surface area contributed by atoms with Gasteiger partial charge in [-0.25, -0.2) is 23.1 Å². The minimum absolute atomic E-state index is 0.0180. The SMILES string of the molecule is Cc1cc(-c2c(OCc3ncc(C#N)n3C(C)C)nc(N)nc2-c2ccc(F)cc2)cc(C(F)F)n1. The highest BCUT2D eigenvalue weighted by Crippen LogP contribution is 2.39. The van der Waals surface area contributed by atoms with Gasteiger partial charge in [0.15, 0.2) is 0 Å². The molecule has 8 nitrogen and oxygen atoms in total. The zero-order chi connectivity index (χ0) is 26.0. The number of aromatic nitrogens is 5. The number of alkyl halides is 2. The Kier molecular flexibility index (Phi) is 6.87. The molecule has 4 rings (SSSR count). The van der Waals surface area contributed by atoms with Crippen molar-refractivity contribution < 1.29 is 17.9 Å². The minimum Gasteiger partial charge on any atom is -0.469 e. The molecular formula is C25H22F3N7O. The van der Waals surface area contributed by atoms with Crippen LogP contribution in [0.5, 0.6) is 5.88 Å². The topological polar surface area (TPSA) is 116 Å². The molecule has 0 aliphatic heterocycles. The summed E-state index contributed by atoms with van der Waals surface area (Å²) in [5, 5.41) is 9.39. The van der Waals surface area contributed by atoms with Gasteiger partial charge in [-0.3, -0.25) is 4.98 Å². The number of aryl methyl sites for hydroxylation is 1. The molecule has 11 heteroatoms. The van der Waals surface area contributed by atoms with Crippen LogP contribution in [-0.4, -0.2) is 24.5 Å². The number of pyridine rings is 1. The molecule has 0 amide bonds. The van der Waals surface area contributed by atoms with Crippen molar-refractivity contribution in [1.82, 2.24) is 24.5 Å². The molecule has 0 atom stereocenters. The van der Waals surface area contributed by atoms with E-state index in [0.717, 1.165) is 0 Å². The predicted molar refractivity (Wildman–Crippen MR) is 126 cm³/mol. The summed E-state index contributed by atoms with van der Waals surface area (Å²) in [5.74, 6) is -0.0955. The quantitative estimate of drug-likeness (QED) is 0.366. The molecule has 4 aromatic rings. The zero-order valence-corrected chi connectivity index (χ0v) is 19.7. The van der Waals surface area contributed by atoms with Crippen LogP contribution < -0.4 is 10.5 Å². The standard InChI is InChI=1S/C25H22F3N7O/c1-13(2)35-18(10-29)11-31-20(35)12-36-24-21(16-8-14(3)32-19(9-16)23(27)28)22(33-25(30)34-24)15-4-6-17(26)7-5-15/h4-9,11,13,23H,12H2,1-3H3,(H2,30,33,34). The fourth-order valence-electron chi connectivity index (χ4n) is 3.89. The monoisotopic (exact) mass is 493 g/mol. The molecule has 0 aliphatic rings. The van der Waals surface area contributed by atoms with E-state index in [4.69, 9.17) is 10.5 Å². The summed E-state index contributed by atoms with van der Waals surface area (Å²) < 4.78 is 48.5. The molecule has 3 aromatic heterocycles. The number of nitrogens with two attached hydrogens (primary N) is 1. The minimum atomic E-state index is -2.81. The molecule has 0 saturated carbocycles. The number of halogens is 3. The summed E-state index contributed by atoms with van der Waals surface area (Å²) in [6.45, 7) is 5.31. The molecular weight excluding hydrogens is 471 g/mol. The van der Waals surface area contributed by atoms with Gasteiger partial charge in [-0.05, 0) is 62.7 Å². The van der Waals surface area contributed by atoms with Crippen molar-refractivity contribution in [3.05, 3.63) is 71.3 Å². The largest absolute Gasteiger partial charge is 0.469 e. The van der Waals surface area contributed by atoms with Crippen LogP contribution in [0.3, 0.4) is 0 Å². The first-order chi connectivity index (χ1) is 17.2. The number of nitrogens with zero attached hydrogens (tertiary/aromatic N) is 6. The molecule has 0 fully saturated rings. The zero-order valence-electron chi connectivity index (χ0n) is 19.7. The fraction of sp³-hybridized carbons (Fsp3) is 0.240. The van der Waals surface area contributed by atoms with Gasteiger partial charge in [0.2, 0.25) is 11.8 Å². The molecule has 0 bridgehead atoms. The van der Waals surface area contributed by atoms with Gasteiger partial charge >= 0.3 is 0 Å². The lowest BCUT2D eigenvalue weighted by Crippen LogP contribution is -2.12. The molecule has 184 valence electrons. The lowest BCUT2D eigenvalue weighted by atomic mass is 9.99. The molecule has 36 heavy (non-hydrogen) atoms. The number of nitriles is 1. The second kappa shape index (κ2) is 10.0. The van der Waals surface area contributed by atoms with Crippen molar-refractivity contribution in [1.29, 1.82) is 5.26 Å². The number of nitrogen functional groups attached to an aromatic ring is 1. The molecule has 0 spiro atoms. The third kappa shape index (κ3) is 4.98. The number of anilines is 1. The summed E-state index contributed by atoms with van der Waals surface area (Å²) in [6, 6.07) is 10.4. The van der Waals surface area contributed by atoms with Gasteiger partial charge < -0.3 is 15.0 Å². The van der Waals surface area contributed by atoms with Gasteiger partial charge in [0, 0.05) is 17.3 Å². The normalized spacial score (nSPS) is 11.2. The van der Waals surface area contributed by atoms with Crippen LogP contribution in [-0.2, 0) is 6.61 Å². The van der Waals surface area contributed by atoms with E-state index >= 15 is 0 Å². The van der Waals surface area contributed by atoms with Crippen molar-refractivity contribution in [2.75, 3.05) is 5.73 Å². The maximum atomic E-state index is 13.6. The molecule has 2 N–H and O–H groups in total. The smallest absolute Gasteiger partial charge is 0.280 e. The predicted octanol–water partition coefficient (Wildman–Crippen LogP) is 5.40. The fourth-order valence-corrected chi connectivity index (χ4v) is 3.89. The van der Waals surface area contributed by atoms with Crippen LogP contribution in [0, 0.1) is 24.1 Å². The first kappa shape index (κ1) is 24.7. The van der Waals surface area contributed by atoms with Crippen LogP contribution in [0.15, 0.2) is 42.6 Å². The Labute approximate surface area is 205 Å². The Morgan fingerprint density at radius 3 is 2.44 bits per heavy atom. The Morgan fingerprint density at radius 1 is 1.08 bits per heavy atom. The van der Waals surface area contributed by atoms with Crippen molar-refractivity contribution in [3.63, 3.8) is 0 Å². The number of hydrogen-bond acceptors (Lipinski definition) is 7. The van der Waals surface area contributed by atoms with E-state index in [9.17, 15) is 18.4 Å². The molecule has 3 heterocycles. The highest BCUT2D eigenvalue weighted by atomic mass is 19.3. The van der Waals surface area contributed by atoms with Crippen LogP contribution in [0.4, 0.5) is 19.1 Å². The molecule has 0 unspecified atom stereocenters. The number of rotatable bonds is 7. The summed E-state index contributed by atoms with van der Waals surface area (Å²) in [6.07, 6.45) is -1.36. The lowest BCUT2D eigenvalue weighted by molar-refractivity contribution is 0.146. The Morgan fingerprint density at radius 2 is 1.81 bits per heavy atom. The Balaban J connectivity index is 1.89. The molecule has 0 aliphatic carbocycles. The molecule has 0 radical (unpaired) electrons. The Hall–Kier alpha value is -4.46. The first-order valence-electron chi connectivity index (χ1n) is 11.0. The van der Waals surface area contributed by atoms with Gasteiger partial charge in [0.05, 0.1) is 17.5 Å². The van der Waals surface area contributed by atoms with Gasteiger partial charge in [-0.2, -0.15) is 10.2 Å². The number of benzene rings is 1. The summed E-state index contributed by atoms with van der Waals surface area (Å²) in [4.78, 5) is 16.7. The highest BCUT2D eigenvalue weighted by Gasteiger charge is 2.22. The number of ether oxygens (including phenoxy) is 1. The van der Waals surface area contributed by atoms with Gasteiger partial charge in [0.25, 0.3) is 6.43 Å². The van der Waals surface area contributed by atoms with Crippen molar-refractivity contribution in [2.24, 2.45) is 0 Å². The third-order valence-corrected chi connectivity index (χ3v) is 5.34. The van der Waals surface area contributed by atoms with Crippen molar-refractivity contribution in [2.45, 2.75) is 39.8 Å². The number of hydrogen-bond donors (Lipinski definition) is 1. The summed E-state index contributed by atoms with van der Waals surface area (Å²) in [5.41, 5.74) is 7.64. The van der Waals surface area contributed by atoms with E-state index in [1.54, 1.807) is 17.6 Å². The second-order valence-electron chi connectivity index (χ2n) is 8.26. The molecule has 1 aromatic carbocycles.